The summed E-state index contributed by atoms with van der Waals surface area (Å²) in [7, 11) is 0. The zero-order chi connectivity index (χ0) is 18.2. The van der Waals surface area contributed by atoms with Gasteiger partial charge in [0.1, 0.15) is 0 Å². The minimum atomic E-state index is 0.111. The molecule has 1 atom stereocenters. The second kappa shape index (κ2) is 6.87. The number of hydrogen-bond donors (Lipinski definition) is 0. The zero-order valence-electron chi connectivity index (χ0n) is 15.2. The second-order valence-electron chi connectivity index (χ2n) is 7.62. The molecule has 1 saturated carbocycles. The minimum absolute atomic E-state index is 0.111. The van der Waals surface area contributed by atoms with E-state index in [1.54, 1.807) is 0 Å². The third-order valence-electron chi connectivity index (χ3n) is 5.85. The van der Waals surface area contributed by atoms with Gasteiger partial charge in [0.15, 0.2) is 11.5 Å². The van der Waals surface area contributed by atoms with E-state index in [4.69, 9.17) is 13.9 Å². The Bertz CT molecular complexity index is 844. The number of piperidine rings is 1. The fourth-order valence-electron chi connectivity index (χ4n) is 4.36. The van der Waals surface area contributed by atoms with Gasteiger partial charge in [-0.2, -0.15) is 0 Å². The Labute approximate surface area is 157 Å². The van der Waals surface area contributed by atoms with Crippen LogP contribution in [0.1, 0.15) is 50.3 Å². The number of aromatic nitrogens is 2. The quantitative estimate of drug-likeness (QED) is 0.826. The lowest BCUT2D eigenvalue weighted by Crippen LogP contribution is -2.41. The summed E-state index contributed by atoms with van der Waals surface area (Å²) in [6.07, 6.45) is 6.37. The second-order valence-corrected chi connectivity index (χ2v) is 7.62. The van der Waals surface area contributed by atoms with E-state index in [0.29, 0.717) is 30.0 Å². The molecular formula is C20H23N3O4. The lowest BCUT2D eigenvalue weighted by Gasteiger charge is -2.32. The molecule has 1 aromatic carbocycles. The van der Waals surface area contributed by atoms with E-state index in [1.165, 1.54) is 12.8 Å². The van der Waals surface area contributed by atoms with Gasteiger partial charge in [-0.3, -0.25) is 4.79 Å². The Morgan fingerprint density at radius 2 is 1.89 bits per heavy atom. The van der Waals surface area contributed by atoms with Gasteiger partial charge in [-0.1, -0.05) is 12.8 Å². The van der Waals surface area contributed by atoms with E-state index in [9.17, 15) is 4.79 Å². The van der Waals surface area contributed by atoms with Crippen LogP contribution in [0.4, 0.5) is 0 Å². The molecule has 0 bridgehead atoms. The summed E-state index contributed by atoms with van der Waals surface area (Å²) in [6, 6.07) is 5.60. The standard InChI is InChI=1S/C20H23N3O4/c24-20(13-4-1-2-5-13)23-9-3-6-15(11-23)19-22-21-18(27-19)14-7-8-16-17(10-14)26-12-25-16/h7-8,10,13,15H,1-6,9,11-12H2/t15-/m1/s1. The van der Waals surface area contributed by atoms with Crippen molar-refractivity contribution >= 4 is 5.91 Å². The number of carbonyl (C=O) groups excluding carboxylic acids is 1. The average Bonchev–Trinajstić information content (AvgIpc) is 3.48. The maximum absolute atomic E-state index is 12.7. The topological polar surface area (TPSA) is 77.7 Å². The highest BCUT2D eigenvalue weighted by Gasteiger charge is 2.33. The van der Waals surface area contributed by atoms with Gasteiger partial charge in [0.2, 0.25) is 24.5 Å². The number of ether oxygens (including phenoxy) is 2. The number of fused-ring (bicyclic) bond motifs is 1. The Hall–Kier alpha value is -2.57. The third kappa shape index (κ3) is 3.15. The summed E-state index contributed by atoms with van der Waals surface area (Å²) in [4.78, 5) is 14.8. The maximum atomic E-state index is 12.7. The summed E-state index contributed by atoms with van der Waals surface area (Å²) in [6.45, 7) is 1.76. The van der Waals surface area contributed by atoms with Crippen LogP contribution in [0.25, 0.3) is 11.5 Å². The van der Waals surface area contributed by atoms with Gasteiger partial charge in [-0.15, -0.1) is 10.2 Å². The first-order valence-corrected chi connectivity index (χ1v) is 9.80. The zero-order valence-corrected chi connectivity index (χ0v) is 15.2. The predicted molar refractivity (Wildman–Crippen MR) is 96.4 cm³/mol. The van der Waals surface area contributed by atoms with Gasteiger partial charge < -0.3 is 18.8 Å². The number of rotatable bonds is 3. The molecule has 142 valence electrons. The highest BCUT2D eigenvalue weighted by molar-refractivity contribution is 5.79. The highest BCUT2D eigenvalue weighted by Crippen LogP contribution is 2.36. The maximum Gasteiger partial charge on any atom is 0.247 e. The minimum Gasteiger partial charge on any atom is -0.454 e. The van der Waals surface area contributed by atoms with Crippen LogP contribution in [0, 0.1) is 5.92 Å². The Morgan fingerprint density at radius 3 is 2.78 bits per heavy atom. The van der Waals surface area contributed by atoms with Crippen molar-refractivity contribution in [3.63, 3.8) is 0 Å². The van der Waals surface area contributed by atoms with E-state index >= 15 is 0 Å². The van der Waals surface area contributed by atoms with Crippen molar-refractivity contribution in [3.05, 3.63) is 24.1 Å². The smallest absolute Gasteiger partial charge is 0.247 e. The first kappa shape index (κ1) is 16.6. The van der Waals surface area contributed by atoms with E-state index in [1.807, 2.05) is 23.1 Å². The molecule has 0 unspecified atom stereocenters. The number of carbonyl (C=O) groups is 1. The number of benzene rings is 1. The fraction of sp³-hybridized carbons (Fsp3) is 0.550. The van der Waals surface area contributed by atoms with Crippen molar-refractivity contribution in [1.82, 2.24) is 15.1 Å². The van der Waals surface area contributed by atoms with Gasteiger partial charge in [0.25, 0.3) is 0 Å². The van der Waals surface area contributed by atoms with E-state index in [2.05, 4.69) is 10.2 Å². The SMILES string of the molecule is O=C(C1CCCC1)N1CCC[C@@H](c2nnc(-c3ccc4c(c3)OCO4)o2)C1. The van der Waals surface area contributed by atoms with E-state index in [-0.39, 0.29) is 18.6 Å². The number of amides is 1. The van der Waals surface area contributed by atoms with Crippen molar-refractivity contribution in [1.29, 1.82) is 0 Å². The van der Waals surface area contributed by atoms with Crippen LogP contribution in [0.5, 0.6) is 11.5 Å². The van der Waals surface area contributed by atoms with Crippen LogP contribution in [0.15, 0.2) is 22.6 Å². The van der Waals surface area contributed by atoms with E-state index in [0.717, 1.165) is 43.5 Å². The molecule has 1 aliphatic carbocycles. The summed E-state index contributed by atoms with van der Waals surface area (Å²) in [5.74, 6) is 3.15. The van der Waals surface area contributed by atoms with Crippen molar-refractivity contribution in [2.45, 2.75) is 44.4 Å². The van der Waals surface area contributed by atoms with Crippen LogP contribution in [0.2, 0.25) is 0 Å². The number of nitrogens with zero attached hydrogens (tertiary/aromatic N) is 3. The van der Waals surface area contributed by atoms with Crippen molar-refractivity contribution in [2.24, 2.45) is 5.92 Å². The van der Waals surface area contributed by atoms with Crippen LogP contribution >= 0.6 is 0 Å². The van der Waals surface area contributed by atoms with Crippen LogP contribution in [-0.2, 0) is 4.79 Å². The third-order valence-corrected chi connectivity index (χ3v) is 5.85. The molecule has 3 heterocycles. The summed E-state index contributed by atoms with van der Waals surface area (Å²) in [5, 5.41) is 8.49. The Balaban J connectivity index is 1.31. The molecule has 0 spiro atoms. The first-order valence-electron chi connectivity index (χ1n) is 9.80. The molecule has 1 amide bonds. The monoisotopic (exact) mass is 369 g/mol. The van der Waals surface area contributed by atoms with Crippen LogP contribution in [0.3, 0.4) is 0 Å². The molecule has 2 aliphatic heterocycles. The molecule has 2 aromatic rings. The highest BCUT2D eigenvalue weighted by atomic mass is 16.7. The lowest BCUT2D eigenvalue weighted by molar-refractivity contribution is -0.136. The molecule has 27 heavy (non-hydrogen) atoms. The average molecular weight is 369 g/mol. The van der Waals surface area contributed by atoms with E-state index < -0.39 is 0 Å². The summed E-state index contributed by atoms with van der Waals surface area (Å²) in [5.41, 5.74) is 0.813. The van der Waals surface area contributed by atoms with Crippen molar-refractivity contribution < 1.29 is 18.7 Å². The lowest BCUT2D eigenvalue weighted by atomic mass is 9.96. The fourth-order valence-corrected chi connectivity index (χ4v) is 4.36. The van der Waals surface area contributed by atoms with Crippen molar-refractivity contribution in [3.8, 4) is 23.0 Å². The van der Waals surface area contributed by atoms with Gasteiger partial charge in [-0.25, -0.2) is 0 Å². The molecule has 0 N–H and O–H groups in total. The molecule has 1 saturated heterocycles. The molecule has 2 fully saturated rings. The largest absolute Gasteiger partial charge is 0.454 e. The summed E-state index contributed by atoms with van der Waals surface area (Å²) < 4.78 is 16.7. The van der Waals surface area contributed by atoms with Gasteiger partial charge in [-0.05, 0) is 43.9 Å². The molecule has 1 aromatic heterocycles. The van der Waals surface area contributed by atoms with Crippen molar-refractivity contribution in [2.75, 3.05) is 19.9 Å². The molecule has 7 nitrogen and oxygen atoms in total. The summed E-state index contributed by atoms with van der Waals surface area (Å²) >= 11 is 0. The molecule has 3 aliphatic rings. The van der Waals surface area contributed by atoms with Gasteiger partial charge >= 0.3 is 0 Å². The number of likely N-dealkylation sites (tertiary alicyclic amines) is 1. The Morgan fingerprint density at radius 1 is 1.04 bits per heavy atom. The molecule has 7 heteroatoms. The van der Waals surface area contributed by atoms with Gasteiger partial charge in [0.05, 0.1) is 5.92 Å². The number of hydrogen-bond acceptors (Lipinski definition) is 6. The van der Waals surface area contributed by atoms with Crippen LogP contribution in [-0.4, -0.2) is 40.9 Å². The Kier molecular flexibility index (Phi) is 4.22. The first-order chi connectivity index (χ1) is 13.3. The normalized spacial score (nSPS) is 22.4. The predicted octanol–water partition coefficient (Wildman–Crippen LogP) is 3.36. The molecule has 0 radical (unpaired) electrons. The molecule has 5 rings (SSSR count). The molecular weight excluding hydrogens is 346 g/mol. The van der Waals surface area contributed by atoms with Gasteiger partial charge in [0, 0.05) is 24.6 Å². The van der Waals surface area contributed by atoms with Crippen LogP contribution < -0.4 is 9.47 Å².